The molecule has 2 fully saturated rings. The molecular weight excluding hydrogens is 238 g/mol. The van der Waals surface area contributed by atoms with Gasteiger partial charge in [0, 0.05) is 7.11 Å². The Morgan fingerprint density at radius 2 is 1.47 bits per heavy atom. The van der Waals surface area contributed by atoms with E-state index >= 15 is 0 Å². The monoisotopic (exact) mass is 275 g/mol. The van der Waals surface area contributed by atoms with Crippen LogP contribution in [0, 0.1) is 11.8 Å². The lowest BCUT2D eigenvalue weighted by Crippen LogP contribution is -2.14. The topological polar surface area (TPSA) is 87.3 Å². The summed E-state index contributed by atoms with van der Waals surface area (Å²) in [5.74, 6) is 1.93. The average Bonchev–Trinajstić information content (AvgIpc) is 2.95. The van der Waals surface area contributed by atoms with E-state index in [9.17, 15) is 0 Å². The smallest absolute Gasteiger partial charge is 0.0709 e. The first-order valence-corrected chi connectivity index (χ1v) is 7.59. The number of ether oxygens (including phenoxy) is 1. The number of rotatable bonds is 4. The highest BCUT2D eigenvalue weighted by Gasteiger charge is 2.53. The SMILES string of the molecule is CCC1(OC)CC1CC1CCCC1.CN.CN.CN. The fourth-order valence-electron chi connectivity index (χ4n) is 3.13. The highest BCUT2D eigenvalue weighted by Crippen LogP contribution is 2.53. The molecular formula is C15H37N3O. The van der Waals surface area contributed by atoms with Crippen molar-refractivity contribution in [3.05, 3.63) is 0 Å². The van der Waals surface area contributed by atoms with Crippen LogP contribution in [0.5, 0.6) is 0 Å². The summed E-state index contributed by atoms with van der Waals surface area (Å²) >= 11 is 0. The second-order valence-electron chi connectivity index (χ2n) is 4.91. The number of nitrogens with two attached hydrogens (primary N) is 3. The maximum Gasteiger partial charge on any atom is 0.0709 e. The van der Waals surface area contributed by atoms with Crippen molar-refractivity contribution in [2.75, 3.05) is 28.3 Å². The zero-order valence-corrected chi connectivity index (χ0v) is 13.7. The third-order valence-electron chi connectivity index (χ3n) is 4.27. The van der Waals surface area contributed by atoms with Gasteiger partial charge in [-0.05, 0) is 52.2 Å². The van der Waals surface area contributed by atoms with Gasteiger partial charge in [-0.2, -0.15) is 0 Å². The van der Waals surface area contributed by atoms with Crippen molar-refractivity contribution < 1.29 is 4.74 Å². The van der Waals surface area contributed by atoms with Crippen molar-refractivity contribution >= 4 is 0 Å². The Kier molecular flexibility index (Phi) is 14.3. The van der Waals surface area contributed by atoms with E-state index in [0.717, 1.165) is 11.8 Å². The van der Waals surface area contributed by atoms with E-state index in [2.05, 4.69) is 24.1 Å². The molecule has 0 radical (unpaired) electrons. The quantitative estimate of drug-likeness (QED) is 0.733. The second kappa shape index (κ2) is 12.9. The third-order valence-corrected chi connectivity index (χ3v) is 4.27. The van der Waals surface area contributed by atoms with E-state index in [1.165, 1.54) is 66.1 Å². The van der Waals surface area contributed by atoms with Crippen molar-refractivity contribution in [2.45, 2.75) is 57.5 Å². The third kappa shape index (κ3) is 6.70. The molecule has 19 heavy (non-hydrogen) atoms. The predicted octanol–water partition coefficient (Wildman–Crippen LogP) is 2.11. The van der Waals surface area contributed by atoms with E-state index in [1.54, 1.807) is 0 Å². The summed E-state index contributed by atoms with van der Waals surface area (Å²) in [4.78, 5) is 0. The van der Waals surface area contributed by atoms with Gasteiger partial charge in [0.15, 0.2) is 0 Å². The highest BCUT2D eigenvalue weighted by molar-refractivity contribution is 5.04. The lowest BCUT2D eigenvalue weighted by atomic mass is 9.98. The summed E-state index contributed by atoms with van der Waals surface area (Å²) in [6, 6.07) is 0. The minimum absolute atomic E-state index is 0.308. The van der Waals surface area contributed by atoms with Crippen LogP contribution < -0.4 is 17.2 Å². The minimum atomic E-state index is 0.308. The van der Waals surface area contributed by atoms with Crippen LogP contribution in [0.4, 0.5) is 0 Å². The van der Waals surface area contributed by atoms with Gasteiger partial charge in [-0.25, -0.2) is 0 Å². The summed E-state index contributed by atoms with van der Waals surface area (Å²) in [5.41, 5.74) is 13.8. The molecule has 118 valence electrons. The van der Waals surface area contributed by atoms with Crippen molar-refractivity contribution in [1.82, 2.24) is 0 Å². The first-order valence-electron chi connectivity index (χ1n) is 7.59. The Morgan fingerprint density at radius 1 is 1.00 bits per heavy atom. The van der Waals surface area contributed by atoms with Gasteiger partial charge in [0.2, 0.25) is 0 Å². The molecule has 2 unspecified atom stereocenters. The van der Waals surface area contributed by atoms with Crippen molar-refractivity contribution in [3.63, 3.8) is 0 Å². The summed E-state index contributed by atoms with van der Waals surface area (Å²) in [7, 11) is 6.39. The van der Waals surface area contributed by atoms with E-state index in [1.807, 2.05) is 7.11 Å². The minimum Gasteiger partial charge on any atom is -0.378 e. The molecule has 0 aromatic carbocycles. The molecule has 0 spiro atoms. The fraction of sp³-hybridized carbons (Fsp3) is 1.00. The van der Waals surface area contributed by atoms with Crippen LogP contribution in [0.2, 0.25) is 0 Å². The summed E-state index contributed by atoms with van der Waals surface area (Å²) in [6.07, 6.45) is 9.91. The highest BCUT2D eigenvalue weighted by atomic mass is 16.5. The molecule has 0 bridgehead atoms. The molecule has 0 aromatic heterocycles. The Labute approximate surface area is 120 Å². The Balaban J connectivity index is 0. The van der Waals surface area contributed by atoms with Gasteiger partial charge in [0.1, 0.15) is 0 Å². The van der Waals surface area contributed by atoms with Crippen LogP contribution in [-0.2, 0) is 4.74 Å². The molecule has 4 nitrogen and oxygen atoms in total. The van der Waals surface area contributed by atoms with Gasteiger partial charge in [-0.15, -0.1) is 0 Å². The maximum atomic E-state index is 5.62. The summed E-state index contributed by atoms with van der Waals surface area (Å²) < 4.78 is 5.62. The molecule has 2 aliphatic carbocycles. The Hall–Kier alpha value is -0.160. The van der Waals surface area contributed by atoms with Crippen molar-refractivity contribution in [3.8, 4) is 0 Å². The van der Waals surface area contributed by atoms with Crippen LogP contribution >= 0.6 is 0 Å². The van der Waals surface area contributed by atoms with E-state index in [-0.39, 0.29) is 0 Å². The number of hydrogen-bond acceptors (Lipinski definition) is 4. The summed E-state index contributed by atoms with van der Waals surface area (Å²) in [5, 5.41) is 0. The Bertz CT molecular complexity index is 178. The molecule has 0 saturated heterocycles. The molecule has 0 aliphatic heterocycles. The fourth-order valence-corrected chi connectivity index (χ4v) is 3.13. The molecule has 2 aliphatic rings. The van der Waals surface area contributed by atoms with Gasteiger partial charge in [0.25, 0.3) is 0 Å². The average molecular weight is 275 g/mol. The molecule has 6 N–H and O–H groups in total. The predicted molar refractivity (Wildman–Crippen MR) is 85.0 cm³/mol. The lowest BCUT2D eigenvalue weighted by Gasteiger charge is -2.15. The first kappa shape index (κ1) is 21.1. The van der Waals surface area contributed by atoms with Gasteiger partial charge in [-0.3, -0.25) is 0 Å². The second-order valence-corrected chi connectivity index (χ2v) is 4.91. The Morgan fingerprint density at radius 3 is 1.79 bits per heavy atom. The molecule has 2 saturated carbocycles. The number of hydrogen-bond donors (Lipinski definition) is 3. The van der Waals surface area contributed by atoms with E-state index < -0.39 is 0 Å². The van der Waals surface area contributed by atoms with Crippen LogP contribution in [0.15, 0.2) is 0 Å². The normalized spacial score (nSPS) is 28.1. The number of methoxy groups -OCH3 is 1. The summed E-state index contributed by atoms with van der Waals surface area (Å²) in [6.45, 7) is 2.26. The van der Waals surface area contributed by atoms with Crippen molar-refractivity contribution in [2.24, 2.45) is 29.0 Å². The van der Waals surface area contributed by atoms with E-state index in [0.29, 0.717) is 5.60 Å². The van der Waals surface area contributed by atoms with Gasteiger partial charge < -0.3 is 21.9 Å². The zero-order valence-electron chi connectivity index (χ0n) is 13.7. The first-order chi connectivity index (χ1) is 9.30. The molecule has 0 aromatic rings. The molecule has 2 atom stereocenters. The van der Waals surface area contributed by atoms with Crippen molar-refractivity contribution in [1.29, 1.82) is 0 Å². The van der Waals surface area contributed by atoms with Crippen LogP contribution in [0.25, 0.3) is 0 Å². The zero-order chi connectivity index (χ0) is 15.3. The van der Waals surface area contributed by atoms with Gasteiger partial charge in [-0.1, -0.05) is 32.6 Å². The van der Waals surface area contributed by atoms with E-state index in [4.69, 9.17) is 4.74 Å². The van der Waals surface area contributed by atoms with Crippen LogP contribution in [0.3, 0.4) is 0 Å². The molecule has 2 rings (SSSR count). The van der Waals surface area contributed by atoms with Crippen LogP contribution in [0.1, 0.15) is 51.9 Å². The van der Waals surface area contributed by atoms with Crippen LogP contribution in [-0.4, -0.2) is 33.9 Å². The standard InChI is InChI=1S/C12H22O.3CH5N/c1-3-12(13-2)9-11(12)8-10-6-4-5-7-10;3*1-2/h10-11H,3-9H2,1-2H3;3*2H2,1H3. The van der Waals surface area contributed by atoms with Gasteiger partial charge >= 0.3 is 0 Å². The molecule has 0 amide bonds. The maximum absolute atomic E-state index is 5.62. The molecule has 4 heteroatoms. The van der Waals surface area contributed by atoms with Gasteiger partial charge in [0.05, 0.1) is 5.60 Å². The molecule has 0 heterocycles. The largest absolute Gasteiger partial charge is 0.378 e. The lowest BCUT2D eigenvalue weighted by molar-refractivity contribution is 0.0584.